The van der Waals surface area contributed by atoms with Crippen LogP contribution < -0.4 is 10.6 Å². The van der Waals surface area contributed by atoms with Crippen LogP contribution >= 0.6 is 0 Å². The van der Waals surface area contributed by atoms with Crippen LogP contribution in [0.5, 0.6) is 0 Å². The van der Waals surface area contributed by atoms with Gasteiger partial charge in [0.15, 0.2) is 0 Å². The first kappa shape index (κ1) is 18.2. The monoisotopic (exact) mass is 306 g/mol. The molecule has 124 valence electrons. The molecule has 0 spiro atoms. The van der Waals surface area contributed by atoms with Gasteiger partial charge in [0.25, 0.3) is 0 Å². The average Bonchev–Trinajstić information content (AvgIpc) is 2.55. The summed E-state index contributed by atoms with van der Waals surface area (Å²) in [6.07, 6.45) is 13.9. The van der Waals surface area contributed by atoms with Crippen LogP contribution in [0.25, 0.3) is 0 Å². The third-order valence-electron chi connectivity index (χ3n) is 3.45. The van der Waals surface area contributed by atoms with E-state index in [1.165, 1.54) is 23.9 Å². The largest absolute Gasteiger partial charge is 0.502 e. The molecule has 0 saturated carbocycles. The van der Waals surface area contributed by atoms with E-state index >= 15 is 0 Å². The molecule has 0 saturated heterocycles. The first-order valence-electron chi connectivity index (χ1n) is 8.17. The van der Waals surface area contributed by atoms with Crippen molar-refractivity contribution in [1.82, 2.24) is 10.6 Å². The Kier molecular flexibility index (Phi) is 10.7. The Labute approximate surface area is 135 Å². The van der Waals surface area contributed by atoms with Crippen molar-refractivity contribution < 1.29 is 9.47 Å². The Balaban J connectivity index is 1.99. The second-order valence-electron chi connectivity index (χ2n) is 5.21. The Morgan fingerprint density at radius 2 is 1.27 bits per heavy atom. The molecule has 0 atom stereocenters. The Morgan fingerprint density at radius 1 is 0.818 bits per heavy atom. The van der Waals surface area contributed by atoms with Gasteiger partial charge in [-0.2, -0.15) is 0 Å². The maximum Gasteiger partial charge on any atom is 0.0873 e. The molecule has 0 aromatic rings. The second kappa shape index (κ2) is 12.9. The molecule has 1 aliphatic carbocycles. The molecule has 0 aliphatic heterocycles. The van der Waals surface area contributed by atoms with Gasteiger partial charge in [-0.15, -0.1) is 0 Å². The topological polar surface area (TPSA) is 42.5 Å². The Bertz CT molecular complexity index is 339. The molecule has 1 rings (SSSR count). The van der Waals surface area contributed by atoms with E-state index in [1.54, 1.807) is 0 Å². The van der Waals surface area contributed by atoms with Gasteiger partial charge >= 0.3 is 0 Å². The molecular formula is C18H30N2O2. The van der Waals surface area contributed by atoms with Crippen LogP contribution in [0.3, 0.4) is 0 Å². The second-order valence-corrected chi connectivity index (χ2v) is 5.21. The van der Waals surface area contributed by atoms with Crippen molar-refractivity contribution in [2.75, 3.05) is 26.3 Å². The third kappa shape index (κ3) is 9.16. The van der Waals surface area contributed by atoms with Crippen LogP contribution in [0.15, 0.2) is 49.2 Å². The zero-order chi connectivity index (χ0) is 15.9. The normalized spacial score (nSPS) is 13.6. The zero-order valence-electron chi connectivity index (χ0n) is 13.6. The van der Waals surface area contributed by atoms with E-state index in [-0.39, 0.29) is 0 Å². The number of ether oxygens (including phenoxy) is 2. The van der Waals surface area contributed by atoms with Crippen molar-refractivity contribution in [3.8, 4) is 0 Å². The first-order valence-corrected chi connectivity index (χ1v) is 8.17. The fourth-order valence-electron chi connectivity index (χ4n) is 2.21. The predicted molar refractivity (Wildman–Crippen MR) is 92.2 cm³/mol. The summed E-state index contributed by atoms with van der Waals surface area (Å²) in [6.45, 7) is 10.6. The van der Waals surface area contributed by atoms with Gasteiger partial charge in [-0.05, 0) is 25.7 Å². The standard InChI is InChI=1S/C18H30N2O2/c1-3-21-15-7-5-13-19-17-9-11-18(12-10-17)20-14-6-8-16-22-4-2/h3-4,9,12,19-20H,1-2,5-8,10-11,13-16H2. The van der Waals surface area contributed by atoms with Gasteiger partial charge < -0.3 is 20.1 Å². The molecule has 0 fully saturated rings. The Morgan fingerprint density at radius 3 is 1.64 bits per heavy atom. The van der Waals surface area contributed by atoms with E-state index in [2.05, 4.69) is 35.9 Å². The van der Waals surface area contributed by atoms with Crippen LogP contribution in [0.4, 0.5) is 0 Å². The smallest absolute Gasteiger partial charge is 0.0873 e. The number of unbranched alkanes of at least 4 members (excludes halogenated alkanes) is 2. The fourth-order valence-corrected chi connectivity index (χ4v) is 2.21. The van der Waals surface area contributed by atoms with E-state index in [0.29, 0.717) is 0 Å². The summed E-state index contributed by atoms with van der Waals surface area (Å²) >= 11 is 0. The van der Waals surface area contributed by atoms with Crippen molar-refractivity contribution in [1.29, 1.82) is 0 Å². The lowest BCUT2D eigenvalue weighted by Crippen LogP contribution is -2.20. The van der Waals surface area contributed by atoms with Gasteiger partial charge in [0.05, 0.1) is 25.7 Å². The molecule has 2 N–H and O–H groups in total. The van der Waals surface area contributed by atoms with Crippen molar-refractivity contribution >= 4 is 0 Å². The fraction of sp³-hybridized carbons (Fsp3) is 0.556. The predicted octanol–water partition coefficient (Wildman–Crippen LogP) is 3.61. The summed E-state index contributed by atoms with van der Waals surface area (Å²) < 4.78 is 10.2. The van der Waals surface area contributed by atoms with E-state index in [4.69, 9.17) is 9.47 Å². The van der Waals surface area contributed by atoms with Gasteiger partial charge in [-0.3, -0.25) is 0 Å². The SMILES string of the molecule is C=COCCCCNC1=CCC(NCCCCOC=C)=CC1. The summed E-state index contributed by atoms with van der Waals surface area (Å²) in [5, 5.41) is 6.98. The van der Waals surface area contributed by atoms with Crippen LogP contribution in [0.2, 0.25) is 0 Å². The minimum absolute atomic E-state index is 0.760. The lowest BCUT2D eigenvalue weighted by Gasteiger charge is -2.17. The van der Waals surface area contributed by atoms with E-state index in [0.717, 1.165) is 64.8 Å². The third-order valence-corrected chi connectivity index (χ3v) is 3.45. The summed E-state index contributed by atoms with van der Waals surface area (Å²) in [5.41, 5.74) is 2.66. The highest BCUT2D eigenvalue weighted by Gasteiger charge is 2.04. The summed E-state index contributed by atoms with van der Waals surface area (Å²) in [7, 11) is 0. The summed E-state index contributed by atoms with van der Waals surface area (Å²) in [4.78, 5) is 0. The minimum Gasteiger partial charge on any atom is -0.502 e. The molecule has 0 heterocycles. The lowest BCUT2D eigenvalue weighted by atomic mass is 10.1. The van der Waals surface area contributed by atoms with Gasteiger partial charge in [0, 0.05) is 37.3 Å². The maximum atomic E-state index is 5.10. The molecule has 0 aromatic carbocycles. The van der Waals surface area contributed by atoms with Crippen LogP contribution in [-0.2, 0) is 9.47 Å². The summed E-state index contributed by atoms with van der Waals surface area (Å²) in [6, 6.07) is 0. The van der Waals surface area contributed by atoms with Gasteiger partial charge in [-0.25, -0.2) is 0 Å². The molecule has 22 heavy (non-hydrogen) atoms. The van der Waals surface area contributed by atoms with E-state index < -0.39 is 0 Å². The number of nitrogens with one attached hydrogen (secondary N) is 2. The first-order chi connectivity index (χ1) is 10.9. The molecule has 0 amide bonds. The van der Waals surface area contributed by atoms with Gasteiger partial charge in [-0.1, -0.05) is 25.3 Å². The van der Waals surface area contributed by atoms with E-state index in [1.807, 2.05) is 0 Å². The van der Waals surface area contributed by atoms with Crippen molar-refractivity contribution in [3.63, 3.8) is 0 Å². The van der Waals surface area contributed by atoms with E-state index in [9.17, 15) is 0 Å². The summed E-state index contributed by atoms with van der Waals surface area (Å²) in [5.74, 6) is 0. The molecule has 4 nitrogen and oxygen atoms in total. The Hall–Kier alpha value is -1.84. The highest BCUT2D eigenvalue weighted by molar-refractivity contribution is 5.19. The van der Waals surface area contributed by atoms with Gasteiger partial charge in [0.1, 0.15) is 0 Å². The molecule has 4 heteroatoms. The number of hydrogen-bond donors (Lipinski definition) is 2. The number of allylic oxidation sites excluding steroid dienone is 2. The molecule has 0 aromatic heterocycles. The van der Waals surface area contributed by atoms with Crippen LogP contribution in [-0.4, -0.2) is 26.3 Å². The van der Waals surface area contributed by atoms with Crippen molar-refractivity contribution in [3.05, 3.63) is 49.2 Å². The van der Waals surface area contributed by atoms with Crippen molar-refractivity contribution in [2.24, 2.45) is 0 Å². The maximum absolute atomic E-state index is 5.10. The highest BCUT2D eigenvalue weighted by Crippen LogP contribution is 2.13. The lowest BCUT2D eigenvalue weighted by molar-refractivity contribution is 0.243. The average molecular weight is 306 g/mol. The van der Waals surface area contributed by atoms with Gasteiger partial charge in [0.2, 0.25) is 0 Å². The zero-order valence-corrected chi connectivity index (χ0v) is 13.6. The minimum atomic E-state index is 0.760. The number of hydrogen-bond acceptors (Lipinski definition) is 4. The molecule has 0 radical (unpaired) electrons. The molecular weight excluding hydrogens is 276 g/mol. The quantitative estimate of drug-likeness (QED) is 0.380. The van der Waals surface area contributed by atoms with Crippen molar-refractivity contribution in [2.45, 2.75) is 38.5 Å². The van der Waals surface area contributed by atoms with Crippen LogP contribution in [0, 0.1) is 0 Å². The molecule has 1 aliphatic rings. The highest BCUT2D eigenvalue weighted by atomic mass is 16.5. The molecule has 0 bridgehead atoms. The number of rotatable bonds is 14. The molecule has 0 unspecified atom stereocenters. The van der Waals surface area contributed by atoms with Crippen LogP contribution in [0.1, 0.15) is 38.5 Å².